The molecule has 4 heteroatoms. The molecule has 2 bridgehead atoms. The maximum Gasteiger partial charge on any atom is 0.308 e. The maximum absolute atomic E-state index is 11.4. The number of fused-ring (bicyclic) bond motifs is 5. The molecule has 0 aliphatic heterocycles. The molecular formula is C17H18O4. The van der Waals surface area contributed by atoms with E-state index in [-0.39, 0.29) is 23.8 Å². The van der Waals surface area contributed by atoms with Crippen LogP contribution < -0.4 is 9.47 Å². The lowest BCUT2D eigenvalue weighted by Gasteiger charge is -2.22. The van der Waals surface area contributed by atoms with Crippen LogP contribution in [0.2, 0.25) is 0 Å². The number of allylic oxidation sites excluding steroid dienone is 2. The predicted molar refractivity (Wildman–Crippen MR) is 77.8 cm³/mol. The lowest BCUT2D eigenvalue weighted by Crippen LogP contribution is -2.12. The van der Waals surface area contributed by atoms with Gasteiger partial charge in [-0.25, -0.2) is 0 Å². The van der Waals surface area contributed by atoms with E-state index in [0.717, 1.165) is 28.7 Å². The van der Waals surface area contributed by atoms with Crippen LogP contribution in [-0.2, 0) is 9.59 Å². The summed E-state index contributed by atoms with van der Waals surface area (Å²) in [6.07, 6.45) is 5.25. The minimum atomic E-state index is -0.327. The molecule has 1 aromatic rings. The van der Waals surface area contributed by atoms with Crippen molar-refractivity contribution in [2.24, 2.45) is 0 Å². The monoisotopic (exact) mass is 286 g/mol. The summed E-state index contributed by atoms with van der Waals surface area (Å²) in [6, 6.07) is 0. The molecule has 2 atom stereocenters. The van der Waals surface area contributed by atoms with Crippen LogP contribution in [0.15, 0.2) is 12.2 Å². The summed E-state index contributed by atoms with van der Waals surface area (Å²) in [4.78, 5) is 22.8. The van der Waals surface area contributed by atoms with Crippen LogP contribution in [0.25, 0.3) is 0 Å². The summed E-state index contributed by atoms with van der Waals surface area (Å²) in [5.41, 5.74) is 3.75. The number of hydrogen-bond acceptors (Lipinski definition) is 4. The topological polar surface area (TPSA) is 52.6 Å². The Balaban J connectivity index is 2.25. The first-order valence-corrected chi connectivity index (χ1v) is 7.12. The van der Waals surface area contributed by atoms with Crippen LogP contribution in [0.4, 0.5) is 0 Å². The van der Waals surface area contributed by atoms with Gasteiger partial charge in [0.15, 0.2) is 0 Å². The second-order valence-corrected chi connectivity index (χ2v) is 5.76. The first kappa shape index (κ1) is 13.9. The number of benzene rings is 1. The molecule has 0 spiro atoms. The van der Waals surface area contributed by atoms with Crippen LogP contribution in [-0.4, -0.2) is 11.9 Å². The highest BCUT2D eigenvalue weighted by Gasteiger charge is 2.40. The Hall–Kier alpha value is -2.10. The molecule has 0 radical (unpaired) electrons. The van der Waals surface area contributed by atoms with Gasteiger partial charge in [-0.1, -0.05) is 12.2 Å². The standard InChI is InChI=1S/C17H18O4/c1-8-9(2)17(21-11(4)19)15-13-6-5-12(7-13)14(15)16(8)20-10(3)18/h5-6,12-13H,7H2,1-4H3. The van der Waals surface area contributed by atoms with Crippen LogP contribution in [0.1, 0.15) is 54.4 Å². The molecule has 1 aromatic carbocycles. The zero-order chi connectivity index (χ0) is 15.3. The van der Waals surface area contributed by atoms with E-state index in [1.54, 1.807) is 0 Å². The maximum atomic E-state index is 11.4. The molecular weight excluding hydrogens is 268 g/mol. The van der Waals surface area contributed by atoms with Crippen molar-refractivity contribution in [3.63, 3.8) is 0 Å². The molecule has 2 unspecified atom stereocenters. The highest BCUT2D eigenvalue weighted by atomic mass is 16.5. The summed E-state index contributed by atoms with van der Waals surface area (Å²) in [5, 5.41) is 0. The second kappa shape index (κ2) is 4.72. The smallest absolute Gasteiger partial charge is 0.308 e. The van der Waals surface area contributed by atoms with E-state index in [9.17, 15) is 9.59 Å². The SMILES string of the molecule is CC(=O)Oc1c(C)c(C)c(OC(C)=O)c2c1C1C=CC2C1. The van der Waals surface area contributed by atoms with Crippen molar-refractivity contribution in [3.8, 4) is 11.5 Å². The van der Waals surface area contributed by atoms with Crippen molar-refractivity contribution >= 4 is 11.9 Å². The molecule has 2 aliphatic rings. The first-order valence-electron chi connectivity index (χ1n) is 7.12. The highest BCUT2D eigenvalue weighted by molar-refractivity contribution is 5.77. The summed E-state index contributed by atoms with van der Waals surface area (Å²) < 4.78 is 10.9. The number of esters is 2. The molecule has 0 fully saturated rings. The van der Waals surface area contributed by atoms with Crippen molar-refractivity contribution in [2.45, 2.75) is 46.0 Å². The zero-order valence-corrected chi connectivity index (χ0v) is 12.6. The Bertz CT molecular complexity index is 628. The van der Waals surface area contributed by atoms with Gasteiger partial charge in [-0.3, -0.25) is 9.59 Å². The van der Waals surface area contributed by atoms with Gasteiger partial charge in [0.1, 0.15) is 11.5 Å². The molecule has 3 rings (SSSR count). The van der Waals surface area contributed by atoms with Crippen molar-refractivity contribution < 1.29 is 19.1 Å². The van der Waals surface area contributed by atoms with Crippen molar-refractivity contribution in [1.82, 2.24) is 0 Å². The molecule has 2 aliphatic carbocycles. The number of rotatable bonds is 2. The number of carbonyl (C=O) groups is 2. The van der Waals surface area contributed by atoms with E-state index in [2.05, 4.69) is 12.2 Å². The largest absolute Gasteiger partial charge is 0.426 e. The zero-order valence-electron chi connectivity index (χ0n) is 12.6. The van der Waals surface area contributed by atoms with Gasteiger partial charge in [-0.15, -0.1) is 0 Å². The number of ether oxygens (including phenoxy) is 2. The number of hydrogen-bond donors (Lipinski definition) is 0. The molecule has 0 N–H and O–H groups in total. The van der Waals surface area contributed by atoms with E-state index < -0.39 is 0 Å². The Morgan fingerprint density at radius 3 is 1.62 bits per heavy atom. The first-order chi connectivity index (χ1) is 9.90. The van der Waals surface area contributed by atoms with Crippen molar-refractivity contribution in [2.75, 3.05) is 0 Å². The molecule has 0 saturated carbocycles. The fourth-order valence-corrected chi connectivity index (χ4v) is 3.40. The normalized spacial score (nSPS) is 21.3. The fourth-order valence-electron chi connectivity index (χ4n) is 3.40. The summed E-state index contributed by atoms with van der Waals surface area (Å²) in [7, 11) is 0. The van der Waals surface area contributed by atoms with Crippen LogP contribution >= 0.6 is 0 Å². The van der Waals surface area contributed by atoms with Gasteiger partial charge in [0, 0.05) is 36.8 Å². The van der Waals surface area contributed by atoms with Gasteiger partial charge in [0.25, 0.3) is 0 Å². The average molecular weight is 286 g/mol. The quantitative estimate of drug-likeness (QED) is 0.475. The van der Waals surface area contributed by atoms with Gasteiger partial charge >= 0.3 is 11.9 Å². The van der Waals surface area contributed by atoms with Gasteiger partial charge in [-0.05, 0) is 31.4 Å². The van der Waals surface area contributed by atoms with Crippen molar-refractivity contribution in [3.05, 3.63) is 34.4 Å². The van der Waals surface area contributed by atoms with Crippen molar-refractivity contribution in [1.29, 1.82) is 0 Å². The van der Waals surface area contributed by atoms with Gasteiger partial charge in [0.2, 0.25) is 0 Å². The van der Waals surface area contributed by atoms with E-state index in [1.165, 1.54) is 13.8 Å². The Kier molecular flexibility index (Phi) is 3.12. The van der Waals surface area contributed by atoms with Gasteiger partial charge in [-0.2, -0.15) is 0 Å². The minimum Gasteiger partial charge on any atom is -0.426 e. The molecule has 0 saturated heterocycles. The summed E-state index contributed by atoms with van der Waals surface area (Å²) in [5.74, 6) is 1.12. The molecule has 4 nitrogen and oxygen atoms in total. The lowest BCUT2D eigenvalue weighted by atomic mass is 9.90. The third-order valence-corrected chi connectivity index (χ3v) is 4.34. The second-order valence-electron chi connectivity index (χ2n) is 5.76. The highest BCUT2D eigenvalue weighted by Crippen LogP contribution is 2.57. The van der Waals surface area contributed by atoms with E-state index in [1.807, 2.05) is 13.8 Å². The molecule has 0 aromatic heterocycles. The minimum absolute atomic E-state index is 0.243. The Labute approximate surface area is 123 Å². The molecule has 21 heavy (non-hydrogen) atoms. The van der Waals surface area contributed by atoms with Crippen LogP contribution in [0.3, 0.4) is 0 Å². The predicted octanol–water partition coefficient (Wildman–Crippen LogP) is 3.29. The van der Waals surface area contributed by atoms with Crippen LogP contribution in [0.5, 0.6) is 11.5 Å². The molecule has 110 valence electrons. The fraction of sp³-hybridized carbons (Fsp3) is 0.412. The Morgan fingerprint density at radius 2 is 1.29 bits per heavy atom. The van der Waals surface area contributed by atoms with E-state index >= 15 is 0 Å². The third-order valence-electron chi connectivity index (χ3n) is 4.34. The summed E-state index contributed by atoms with van der Waals surface area (Å²) in [6.45, 7) is 6.61. The lowest BCUT2D eigenvalue weighted by molar-refractivity contribution is -0.133. The third kappa shape index (κ3) is 2.06. The number of carbonyl (C=O) groups excluding carboxylic acids is 2. The van der Waals surface area contributed by atoms with Gasteiger partial charge in [0.05, 0.1) is 0 Å². The summed E-state index contributed by atoms with van der Waals surface area (Å²) >= 11 is 0. The van der Waals surface area contributed by atoms with Crippen LogP contribution in [0, 0.1) is 13.8 Å². The van der Waals surface area contributed by atoms with E-state index in [4.69, 9.17) is 9.47 Å². The average Bonchev–Trinajstić information content (AvgIpc) is 2.99. The molecule has 0 heterocycles. The van der Waals surface area contributed by atoms with Gasteiger partial charge < -0.3 is 9.47 Å². The molecule has 0 amide bonds. The Morgan fingerprint density at radius 1 is 0.905 bits per heavy atom. The van der Waals surface area contributed by atoms with E-state index in [0.29, 0.717) is 11.5 Å².